The molecule has 3 fully saturated rings. The van der Waals surface area contributed by atoms with E-state index in [1.807, 2.05) is 64.4 Å². The van der Waals surface area contributed by atoms with Crippen LogP contribution in [-0.4, -0.2) is 66.3 Å². The van der Waals surface area contributed by atoms with E-state index in [4.69, 9.17) is 0 Å². The fourth-order valence-electron chi connectivity index (χ4n) is 6.69. The van der Waals surface area contributed by atoms with Crippen molar-refractivity contribution >= 4 is 23.4 Å². The summed E-state index contributed by atoms with van der Waals surface area (Å²) in [5.74, 6) is -0.484. The third-order valence-electron chi connectivity index (χ3n) is 8.14. The highest BCUT2D eigenvalue weighted by molar-refractivity contribution is 6.11. The third-order valence-corrected chi connectivity index (χ3v) is 8.14. The van der Waals surface area contributed by atoms with E-state index in [1.165, 1.54) is 0 Å². The van der Waals surface area contributed by atoms with Crippen molar-refractivity contribution in [2.24, 2.45) is 5.92 Å². The average Bonchev–Trinajstić information content (AvgIpc) is 3.52. The van der Waals surface area contributed by atoms with Crippen LogP contribution in [0.25, 0.3) is 0 Å². The predicted molar refractivity (Wildman–Crippen MR) is 128 cm³/mol. The van der Waals surface area contributed by atoms with Gasteiger partial charge in [-0.25, -0.2) is 0 Å². The molecule has 0 radical (unpaired) electrons. The third kappa shape index (κ3) is 3.03. The summed E-state index contributed by atoms with van der Waals surface area (Å²) >= 11 is 0. The van der Waals surface area contributed by atoms with Crippen LogP contribution in [0.15, 0.2) is 54.6 Å². The Balaban J connectivity index is 1.40. The molecule has 0 aromatic heterocycles. The SMILES string of the molecule is O=C1NCCCN(C(=O)c2ccccc2)CCN2C(=O)[C@@]3(c4ccccc42)[C@H]1C[C@@H]1CCCN13. The number of nitrogens with zero attached hydrogens (tertiary/aromatic N) is 3. The molecular weight excluding hydrogens is 428 g/mol. The minimum atomic E-state index is -0.935. The molecule has 7 heteroatoms. The van der Waals surface area contributed by atoms with Gasteiger partial charge in [0.2, 0.25) is 5.91 Å². The van der Waals surface area contributed by atoms with Crippen molar-refractivity contribution in [2.75, 3.05) is 37.6 Å². The summed E-state index contributed by atoms with van der Waals surface area (Å²) in [6.07, 6.45) is 3.48. The summed E-state index contributed by atoms with van der Waals surface area (Å²) in [6, 6.07) is 17.5. The first kappa shape index (κ1) is 21.4. The highest BCUT2D eigenvalue weighted by Crippen LogP contribution is 2.56. The largest absolute Gasteiger partial charge is 0.356 e. The van der Waals surface area contributed by atoms with Gasteiger partial charge in [0, 0.05) is 49.0 Å². The van der Waals surface area contributed by atoms with Crippen molar-refractivity contribution in [3.63, 3.8) is 0 Å². The lowest BCUT2D eigenvalue weighted by Crippen LogP contribution is -2.57. The fourth-order valence-corrected chi connectivity index (χ4v) is 6.69. The second kappa shape index (κ2) is 8.24. The number of anilines is 1. The number of carbonyl (C=O) groups excluding carboxylic acids is 3. The van der Waals surface area contributed by atoms with E-state index in [9.17, 15) is 14.4 Å². The van der Waals surface area contributed by atoms with Crippen LogP contribution in [-0.2, 0) is 15.1 Å². The van der Waals surface area contributed by atoms with Gasteiger partial charge in [0.15, 0.2) is 0 Å². The maximum atomic E-state index is 14.3. The highest BCUT2D eigenvalue weighted by Gasteiger charge is 2.67. The molecular formula is C27H30N4O3. The van der Waals surface area contributed by atoms with Crippen LogP contribution in [0.5, 0.6) is 0 Å². The Kier molecular flexibility index (Phi) is 5.17. The molecule has 0 saturated carbocycles. The van der Waals surface area contributed by atoms with E-state index >= 15 is 0 Å². The van der Waals surface area contributed by atoms with Gasteiger partial charge < -0.3 is 15.1 Å². The topological polar surface area (TPSA) is 73.0 Å². The van der Waals surface area contributed by atoms with E-state index in [0.717, 1.165) is 37.1 Å². The number of amides is 3. The van der Waals surface area contributed by atoms with Gasteiger partial charge in [-0.2, -0.15) is 0 Å². The second-order valence-corrected chi connectivity index (χ2v) is 9.82. The number of para-hydroxylation sites is 1. The molecule has 2 bridgehead atoms. The number of hydrogen-bond donors (Lipinski definition) is 1. The van der Waals surface area contributed by atoms with Crippen LogP contribution in [0.3, 0.4) is 0 Å². The lowest BCUT2D eigenvalue weighted by molar-refractivity contribution is -0.139. The Labute approximate surface area is 199 Å². The Morgan fingerprint density at radius 1 is 0.912 bits per heavy atom. The van der Waals surface area contributed by atoms with Gasteiger partial charge in [-0.05, 0) is 50.4 Å². The summed E-state index contributed by atoms with van der Waals surface area (Å²) in [5, 5.41) is 3.12. The molecule has 4 heterocycles. The molecule has 3 saturated heterocycles. The first-order valence-electron chi connectivity index (χ1n) is 12.4. The molecule has 1 spiro atoms. The predicted octanol–water partition coefficient (Wildman–Crippen LogP) is 2.38. The lowest BCUT2D eigenvalue weighted by Gasteiger charge is -2.38. The van der Waals surface area contributed by atoms with Gasteiger partial charge in [0.05, 0.1) is 5.92 Å². The fraction of sp³-hybridized carbons (Fsp3) is 0.444. The Morgan fingerprint density at radius 2 is 1.71 bits per heavy atom. The molecule has 4 aliphatic rings. The van der Waals surface area contributed by atoms with E-state index in [2.05, 4.69) is 10.2 Å². The van der Waals surface area contributed by atoms with E-state index < -0.39 is 11.5 Å². The first-order valence-corrected chi connectivity index (χ1v) is 12.4. The van der Waals surface area contributed by atoms with Crippen LogP contribution >= 0.6 is 0 Å². The van der Waals surface area contributed by atoms with Gasteiger partial charge in [-0.1, -0.05) is 36.4 Å². The molecule has 34 heavy (non-hydrogen) atoms. The zero-order valence-electron chi connectivity index (χ0n) is 19.3. The maximum absolute atomic E-state index is 14.3. The quantitative estimate of drug-likeness (QED) is 0.712. The molecule has 6 rings (SSSR count). The van der Waals surface area contributed by atoms with Gasteiger partial charge in [-0.15, -0.1) is 0 Å². The Bertz CT molecular complexity index is 1140. The first-order chi connectivity index (χ1) is 16.6. The van der Waals surface area contributed by atoms with Crippen molar-refractivity contribution in [2.45, 2.75) is 37.3 Å². The van der Waals surface area contributed by atoms with Crippen molar-refractivity contribution in [1.29, 1.82) is 0 Å². The normalized spacial score (nSPS) is 29.1. The minimum absolute atomic E-state index is 0.00839. The van der Waals surface area contributed by atoms with E-state index in [-0.39, 0.29) is 23.8 Å². The van der Waals surface area contributed by atoms with Crippen LogP contribution in [0, 0.1) is 5.92 Å². The standard InChI is InChI=1S/C27H30N4O3/c32-24-22-18-20-10-6-15-31(20)27(22)21-11-4-5-12-23(21)30(26(27)34)17-16-29(14-7-13-28-24)25(33)19-8-2-1-3-9-19/h1-5,8-9,11-12,20,22H,6-7,10,13-18H2,(H,28,32)/t20-,22-,27+/m0/s1. The maximum Gasteiger partial charge on any atom is 0.253 e. The molecule has 3 atom stereocenters. The second-order valence-electron chi connectivity index (χ2n) is 9.82. The molecule has 4 aliphatic heterocycles. The molecule has 2 aromatic carbocycles. The van der Waals surface area contributed by atoms with Gasteiger partial charge >= 0.3 is 0 Å². The monoisotopic (exact) mass is 458 g/mol. The Hall–Kier alpha value is -3.19. The van der Waals surface area contributed by atoms with Gasteiger partial charge in [-0.3, -0.25) is 19.3 Å². The number of benzene rings is 2. The van der Waals surface area contributed by atoms with Crippen LogP contribution in [0.2, 0.25) is 0 Å². The molecule has 2 aromatic rings. The molecule has 176 valence electrons. The van der Waals surface area contributed by atoms with Crippen molar-refractivity contribution in [3.05, 3.63) is 65.7 Å². The number of nitrogens with one attached hydrogen (secondary N) is 1. The zero-order valence-corrected chi connectivity index (χ0v) is 19.3. The van der Waals surface area contributed by atoms with Crippen LogP contribution in [0.1, 0.15) is 41.6 Å². The van der Waals surface area contributed by atoms with Crippen LogP contribution < -0.4 is 10.2 Å². The summed E-state index contributed by atoms with van der Waals surface area (Å²) < 4.78 is 0. The zero-order chi connectivity index (χ0) is 23.3. The number of rotatable bonds is 1. The lowest BCUT2D eigenvalue weighted by atomic mass is 9.78. The van der Waals surface area contributed by atoms with Crippen LogP contribution in [0.4, 0.5) is 5.69 Å². The molecule has 0 aliphatic carbocycles. The summed E-state index contributed by atoms with van der Waals surface area (Å²) in [7, 11) is 0. The number of hydrogen-bond acceptors (Lipinski definition) is 4. The van der Waals surface area contributed by atoms with Crippen molar-refractivity contribution in [3.8, 4) is 0 Å². The minimum Gasteiger partial charge on any atom is -0.356 e. The number of fused-ring (bicyclic) bond motifs is 4. The number of carbonyl (C=O) groups is 3. The summed E-state index contributed by atoms with van der Waals surface area (Å²) in [4.78, 5) is 47.1. The molecule has 1 N–H and O–H groups in total. The smallest absolute Gasteiger partial charge is 0.253 e. The van der Waals surface area contributed by atoms with Gasteiger partial charge in [0.1, 0.15) is 5.54 Å². The molecule has 7 nitrogen and oxygen atoms in total. The van der Waals surface area contributed by atoms with Gasteiger partial charge in [0.25, 0.3) is 11.8 Å². The summed E-state index contributed by atoms with van der Waals surface area (Å²) in [6.45, 7) is 2.73. The van der Waals surface area contributed by atoms with E-state index in [1.54, 1.807) is 0 Å². The van der Waals surface area contributed by atoms with E-state index in [0.29, 0.717) is 38.2 Å². The van der Waals surface area contributed by atoms with Crippen molar-refractivity contribution < 1.29 is 14.4 Å². The van der Waals surface area contributed by atoms with Crippen molar-refractivity contribution in [1.82, 2.24) is 15.1 Å². The summed E-state index contributed by atoms with van der Waals surface area (Å²) in [5.41, 5.74) is 1.53. The highest BCUT2D eigenvalue weighted by atomic mass is 16.2. The molecule has 3 amide bonds. The average molecular weight is 459 g/mol. The molecule has 0 unspecified atom stereocenters. The Morgan fingerprint density at radius 3 is 2.56 bits per heavy atom.